The molecule has 0 rings (SSSR count). The number of hydrogen-bond acceptors (Lipinski definition) is 0. The summed E-state index contributed by atoms with van der Waals surface area (Å²) >= 11 is 0. The first-order chi connectivity index (χ1) is 7.22. The second kappa shape index (κ2) is 9.95. The number of hydrogen-bond donors (Lipinski definition) is 0. The summed E-state index contributed by atoms with van der Waals surface area (Å²) in [6.07, 6.45) is 9.86. The molecule has 0 aliphatic rings. The van der Waals surface area contributed by atoms with Crippen molar-refractivity contribution in [1.29, 1.82) is 0 Å². The number of alkyl halides is 1. The van der Waals surface area contributed by atoms with E-state index in [0.29, 0.717) is 12.0 Å². The first kappa shape index (κ1) is 14.4. The summed E-state index contributed by atoms with van der Waals surface area (Å²) in [6.45, 7) is 9.36. The molecule has 0 saturated carbocycles. The highest BCUT2D eigenvalue weighted by Gasteiger charge is 2.06. The van der Waals surface area contributed by atoms with Gasteiger partial charge in [0.1, 0.15) is 6.17 Å². The molecule has 0 aliphatic heterocycles. The van der Waals surface area contributed by atoms with Crippen molar-refractivity contribution < 1.29 is 4.39 Å². The molecule has 0 aliphatic carbocycles. The maximum Gasteiger partial charge on any atom is 0.125 e. The molecule has 0 N–H and O–H groups in total. The predicted octanol–water partition coefficient (Wildman–Crippen LogP) is 5.21. The van der Waals surface area contributed by atoms with Crippen molar-refractivity contribution in [2.45, 2.75) is 64.5 Å². The van der Waals surface area contributed by atoms with E-state index in [2.05, 4.69) is 20.1 Å². The molecule has 0 nitrogen and oxygen atoms in total. The van der Waals surface area contributed by atoms with Crippen LogP contribution in [0.3, 0.4) is 0 Å². The predicted molar refractivity (Wildman–Crippen MR) is 66.8 cm³/mol. The SMILES string of the molecule is C=CC(=C)C(F)CCCCCCCCC. The average molecular weight is 212 g/mol. The van der Waals surface area contributed by atoms with Crippen molar-refractivity contribution in [1.82, 2.24) is 0 Å². The lowest BCUT2D eigenvalue weighted by Gasteiger charge is -2.07. The summed E-state index contributed by atoms with van der Waals surface area (Å²) in [7, 11) is 0. The molecule has 88 valence electrons. The van der Waals surface area contributed by atoms with Crippen molar-refractivity contribution >= 4 is 0 Å². The van der Waals surface area contributed by atoms with Gasteiger partial charge in [0, 0.05) is 0 Å². The van der Waals surface area contributed by atoms with Gasteiger partial charge in [-0.2, -0.15) is 0 Å². The smallest absolute Gasteiger partial charge is 0.125 e. The van der Waals surface area contributed by atoms with Crippen molar-refractivity contribution in [3.63, 3.8) is 0 Å². The van der Waals surface area contributed by atoms with E-state index in [4.69, 9.17) is 0 Å². The number of unbranched alkanes of at least 4 members (excludes halogenated alkanes) is 6. The van der Waals surface area contributed by atoms with Gasteiger partial charge in [0.05, 0.1) is 0 Å². The average Bonchev–Trinajstić information content (AvgIpc) is 2.26. The molecule has 0 spiro atoms. The van der Waals surface area contributed by atoms with E-state index in [1.54, 1.807) is 0 Å². The minimum atomic E-state index is -0.877. The molecule has 1 unspecified atom stereocenters. The molecule has 0 bridgehead atoms. The number of allylic oxidation sites excluding steroid dienone is 2. The highest BCUT2D eigenvalue weighted by molar-refractivity contribution is 5.15. The Labute approximate surface area is 94.3 Å². The van der Waals surface area contributed by atoms with Crippen LogP contribution in [0.1, 0.15) is 58.3 Å². The number of halogens is 1. The maximum atomic E-state index is 13.3. The molecule has 0 radical (unpaired) electrons. The van der Waals surface area contributed by atoms with E-state index in [1.807, 2.05) is 0 Å². The van der Waals surface area contributed by atoms with Crippen LogP contribution in [0.25, 0.3) is 0 Å². The zero-order valence-corrected chi connectivity index (χ0v) is 10.1. The molecule has 1 atom stereocenters. The van der Waals surface area contributed by atoms with Crippen molar-refractivity contribution in [3.8, 4) is 0 Å². The van der Waals surface area contributed by atoms with Gasteiger partial charge < -0.3 is 0 Å². The van der Waals surface area contributed by atoms with E-state index in [1.165, 1.54) is 38.2 Å². The van der Waals surface area contributed by atoms with Gasteiger partial charge in [-0.05, 0) is 12.0 Å². The van der Waals surface area contributed by atoms with Crippen LogP contribution in [-0.2, 0) is 0 Å². The summed E-state index contributed by atoms with van der Waals surface area (Å²) in [6, 6.07) is 0. The third kappa shape index (κ3) is 8.41. The lowest BCUT2D eigenvalue weighted by Crippen LogP contribution is -2.00. The van der Waals surface area contributed by atoms with Crippen molar-refractivity contribution in [2.75, 3.05) is 0 Å². The van der Waals surface area contributed by atoms with Gasteiger partial charge in [0.2, 0.25) is 0 Å². The molecular weight excluding hydrogens is 187 g/mol. The summed E-state index contributed by atoms with van der Waals surface area (Å²) in [5.74, 6) is 0. The second-order valence-corrected chi connectivity index (χ2v) is 4.16. The molecular formula is C14H25F. The highest BCUT2D eigenvalue weighted by Crippen LogP contribution is 2.15. The summed E-state index contributed by atoms with van der Waals surface area (Å²) in [4.78, 5) is 0. The van der Waals surface area contributed by atoms with Gasteiger partial charge in [0.25, 0.3) is 0 Å². The quantitative estimate of drug-likeness (QED) is 0.344. The lowest BCUT2D eigenvalue weighted by molar-refractivity contribution is 0.353. The van der Waals surface area contributed by atoms with Gasteiger partial charge in [-0.25, -0.2) is 4.39 Å². The summed E-state index contributed by atoms with van der Waals surface area (Å²) < 4.78 is 13.3. The molecule has 0 amide bonds. The molecule has 15 heavy (non-hydrogen) atoms. The van der Waals surface area contributed by atoms with Crippen molar-refractivity contribution in [2.24, 2.45) is 0 Å². The summed E-state index contributed by atoms with van der Waals surface area (Å²) in [5.41, 5.74) is 0.529. The minimum absolute atomic E-state index is 0.529. The highest BCUT2D eigenvalue weighted by atomic mass is 19.1. The largest absolute Gasteiger partial charge is 0.242 e. The fraction of sp³-hybridized carbons (Fsp3) is 0.714. The molecule has 0 heterocycles. The third-order valence-electron chi connectivity index (χ3n) is 2.73. The Kier molecular flexibility index (Phi) is 9.55. The summed E-state index contributed by atoms with van der Waals surface area (Å²) in [5, 5.41) is 0. The van der Waals surface area contributed by atoms with Crippen LogP contribution in [0.5, 0.6) is 0 Å². The Balaban J connectivity index is 3.23. The van der Waals surface area contributed by atoms with Crippen LogP contribution in [0.4, 0.5) is 4.39 Å². The fourth-order valence-corrected chi connectivity index (χ4v) is 1.59. The van der Waals surface area contributed by atoms with E-state index < -0.39 is 6.17 Å². The van der Waals surface area contributed by atoms with Crippen molar-refractivity contribution in [3.05, 3.63) is 24.8 Å². The van der Waals surface area contributed by atoms with E-state index in [-0.39, 0.29) is 0 Å². The van der Waals surface area contributed by atoms with Gasteiger partial charge >= 0.3 is 0 Å². The third-order valence-corrected chi connectivity index (χ3v) is 2.73. The molecule has 0 aromatic rings. The Morgan fingerprint density at radius 1 is 1.13 bits per heavy atom. The standard InChI is InChI=1S/C14H25F/c1-4-6-7-8-9-10-11-12-14(15)13(3)5-2/h5,14H,2-4,6-12H2,1H3. The molecule has 0 fully saturated rings. The van der Waals surface area contributed by atoms with Crippen LogP contribution >= 0.6 is 0 Å². The molecule has 0 aromatic heterocycles. The Morgan fingerprint density at radius 2 is 1.67 bits per heavy atom. The van der Waals surface area contributed by atoms with E-state index in [9.17, 15) is 4.39 Å². The van der Waals surface area contributed by atoms with Crippen LogP contribution in [0.15, 0.2) is 24.8 Å². The monoisotopic (exact) mass is 212 g/mol. The second-order valence-electron chi connectivity index (χ2n) is 4.16. The zero-order valence-electron chi connectivity index (χ0n) is 10.1. The first-order valence-corrected chi connectivity index (χ1v) is 6.17. The zero-order chi connectivity index (χ0) is 11.5. The van der Waals surface area contributed by atoms with Gasteiger partial charge in [-0.3, -0.25) is 0 Å². The number of rotatable bonds is 10. The Morgan fingerprint density at radius 3 is 2.20 bits per heavy atom. The fourth-order valence-electron chi connectivity index (χ4n) is 1.59. The maximum absolute atomic E-state index is 13.3. The van der Waals surface area contributed by atoms with E-state index >= 15 is 0 Å². The van der Waals surface area contributed by atoms with Gasteiger partial charge in [-0.1, -0.05) is 71.1 Å². The van der Waals surface area contributed by atoms with Crippen LogP contribution in [-0.4, -0.2) is 6.17 Å². The van der Waals surface area contributed by atoms with Crippen LogP contribution in [0.2, 0.25) is 0 Å². The van der Waals surface area contributed by atoms with E-state index in [0.717, 1.165) is 12.8 Å². The molecule has 1 heteroatoms. The van der Waals surface area contributed by atoms with Crippen LogP contribution < -0.4 is 0 Å². The van der Waals surface area contributed by atoms with Crippen LogP contribution in [0, 0.1) is 0 Å². The first-order valence-electron chi connectivity index (χ1n) is 6.17. The lowest BCUT2D eigenvalue weighted by atomic mass is 10.0. The Bertz CT molecular complexity index is 172. The van der Waals surface area contributed by atoms with Gasteiger partial charge in [-0.15, -0.1) is 0 Å². The Hall–Kier alpha value is -0.590. The molecule has 0 saturated heterocycles. The minimum Gasteiger partial charge on any atom is -0.242 e. The topological polar surface area (TPSA) is 0 Å². The molecule has 0 aromatic carbocycles. The normalized spacial score (nSPS) is 12.4. The van der Waals surface area contributed by atoms with Gasteiger partial charge in [0.15, 0.2) is 0 Å².